The molecule has 17 heavy (non-hydrogen) atoms. The van der Waals surface area contributed by atoms with Crippen molar-refractivity contribution in [3.8, 4) is 0 Å². The quantitative estimate of drug-likeness (QED) is 0.602. The minimum absolute atomic E-state index is 0.115. The van der Waals surface area contributed by atoms with Crippen molar-refractivity contribution in [2.75, 3.05) is 5.73 Å². The molecule has 0 unspecified atom stereocenters. The summed E-state index contributed by atoms with van der Waals surface area (Å²) in [5.74, 6) is 0. The Morgan fingerprint density at radius 3 is 2.12 bits per heavy atom. The number of aryl methyl sites for hydroxylation is 1. The van der Waals surface area contributed by atoms with Gasteiger partial charge in [0.2, 0.25) is 0 Å². The molecule has 0 aromatic heterocycles. The second-order valence-electron chi connectivity index (χ2n) is 4.01. The monoisotopic (exact) mass is 251 g/mol. The van der Waals surface area contributed by atoms with E-state index in [1.54, 1.807) is 19.1 Å². The van der Waals surface area contributed by atoms with Crippen molar-refractivity contribution in [1.29, 1.82) is 0 Å². The van der Waals surface area contributed by atoms with Gasteiger partial charge in [0, 0.05) is 5.39 Å². The van der Waals surface area contributed by atoms with E-state index in [0.717, 1.165) is 10.9 Å². The average Bonchev–Trinajstić information content (AvgIpc) is 2.24. The fourth-order valence-electron chi connectivity index (χ4n) is 2.01. The molecular weight excluding hydrogens is 238 g/mol. The van der Waals surface area contributed by atoms with Gasteiger partial charge < -0.3 is 5.73 Å². The number of fused-ring (bicyclic) bond motifs is 1. The second-order valence-corrected chi connectivity index (χ2v) is 5.37. The van der Waals surface area contributed by atoms with Gasteiger partial charge in [-0.15, -0.1) is 0 Å². The molecule has 0 atom stereocenters. The summed E-state index contributed by atoms with van der Waals surface area (Å²) in [7, 11) is -4.32. The van der Waals surface area contributed by atoms with Crippen LogP contribution in [0, 0.1) is 13.8 Å². The van der Waals surface area contributed by atoms with Crippen LogP contribution < -0.4 is 5.73 Å². The molecule has 0 aliphatic carbocycles. The highest BCUT2D eigenvalue weighted by atomic mass is 32.2. The first-order chi connectivity index (χ1) is 7.84. The Labute approximate surface area is 99.8 Å². The number of hydrogen-bond donors (Lipinski definition) is 2. The van der Waals surface area contributed by atoms with Crippen LogP contribution in [-0.2, 0) is 10.1 Å². The maximum absolute atomic E-state index is 11.4. The number of rotatable bonds is 1. The molecule has 0 bridgehead atoms. The maximum Gasteiger partial charge on any atom is 0.297 e. The molecule has 2 aromatic carbocycles. The standard InChI is InChI=1S/C12H13NO3S/c1-7-8(2)11(13)12(17(14,15)16)10-6-4-3-5-9(7)10/h3-6H,13H2,1-2H3,(H,14,15,16). The van der Waals surface area contributed by atoms with Crippen molar-refractivity contribution in [3.63, 3.8) is 0 Å². The summed E-state index contributed by atoms with van der Waals surface area (Å²) in [4.78, 5) is -0.198. The number of hydrogen-bond acceptors (Lipinski definition) is 3. The number of benzene rings is 2. The van der Waals surface area contributed by atoms with Gasteiger partial charge in [0.15, 0.2) is 0 Å². The van der Waals surface area contributed by atoms with Gasteiger partial charge >= 0.3 is 0 Å². The summed E-state index contributed by atoms with van der Waals surface area (Å²) in [5, 5.41) is 1.24. The van der Waals surface area contributed by atoms with Crippen molar-refractivity contribution in [1.82, 2.24) is 0 Å². The first-order valence-electron chi connectivity index (χ1n) is 5.09. The Hall–Kier alpha value is -1.59. The molecule has 2 aromatic rings. The Balaban J connectivity index is 3.12. The Bertz CT molecular complexity index is 705. The molecule has 3 N–H and O–H groups in total. The molecule has 0 heterocycles. The minimum Gasteiger partial charge on any atom is -0.397 e. The average molecular weight is 251 g/mol. The normalized spacial score (nSPS) is 11.9. The van der Waals surface area contributed by atoms with Crippen LogP contribution >= 0.6 is 0 Å². The molecule has 0 spiro atoms. The van der Waals surface area contributed by atoms with E-state index in [1.165, 1.54) is 0 Å². The maximum atomic E-state index is 11.4. The molecule has 0 aliphatic heterocycles. The van der Waals surface area contributed by atoms with Gasteiger partial charge in [-0.1, -0.05) is 24.3 Å². The van der Waals surface area contributed by atoms with E-state index in [-0.39, 0.29) is 10.6 Å². The van der Waals surface area contributed by atoms with E-state index in [0.29, 0.717) is 10.9 Å². The first kappa shape index (κ1) is 11.9. The Morgan fingerprint density at radius 1 is 1.06 bits per heavy atom. The zero-order valence-electron chi connectivity index (χ0n) is 9.56. The minimum atomic E-state index is -4.32. The van der Waals surface area contributed by atoms with Crippen molar-refractivity contribution >= 4 is 26.6 Å². The van der Waals surface area contributed by atoms with Gasteiger partial charge in [0.05, 0.1) is 5.69 Å². The van der Waals surface area contributed by atoms with E-state index < -0.39 is 10.1 Å². The van der Waals surface area contributed by atoms with Crippen LogP contribution in [0.25, 0.3) is 10.8 Å². The zero-order valence-corrected chi connectivity index (χ0v) is 10.4. The molecule has 0 fully saturated rings. The molecule has 0 saturated heterocycles. The predicted octanol–water partition coefficient (Wildman–Crippen LogP) is 2.29. The third-order valence-corrected chi connectivity index (χ3v) is 4.00. The highest BCUT2D eigenvalue weighted by molar-refractivity contribution is 7.86. The third kappa shape index (κ3) is 1.77. The van der Waals surface area contributed by atoms with Gasteiger partial charge in [-0.2, -0.15) is 8.42 Å². The molecule has 0 amide bonds. The molecule has 5 heteroatoms. The van der Waals surface area contributed by atoms with Crippen LogP contribution in [0.3, 0.4) is 0 Å². The predicted molar refractivity (Wildman–Crippen MR) is 67.6 cm³/mol. The fraction of sp³-hybridized carbons (Fsp3) is 0.167. The summed E-state index contributed by atoms with van der Waals surface area (Å²) in [6.45, 7) is 3.62. The third-order valence-electron chi connectivity index (χ3n) is 3.04. The van der Waals surface area contributed by atoms with Crippen LogP contribution in [0.4, 0.5) is 5.69 Å². The molecule has 4 nitrogen and oxygen atoms in total. The number of nitrogen functional groups attached to an aromatic ring is 1. The lowest BCUT2D eigenvalue weighted by Crippen LogP contribution is -2.07. The summed E-state index contributed by atoms with van der Waals surface area (Å²) in [6, 6.07) is 6.98. The van der Waals surface area contributed by atoms with E-state index in [2.05, 4.69) is 0 Å². The number of anilines is 1. The topological polar surface area (TPSA) is 80.4 Å². The van der Waals surface area contributed by atoms with Crippen molar-refractivity contribution in [3.05, 3.63) is 35.4 Å². The van der Waals surface area contributed by atoms with Gasteiger partial charge in [0.25, 0.3) is 10.1 Å². The van der Waals surface area contributed by atoms with Crippen LogP contribution in [0.2, 0.25) is 0 Å². The highest BCUT2D eigenvalue weighted by Crippen LogP contribution is 2.34. The number of nitrogens with two attached hydrogens (primary N) is 1. The summed E-state index contributed by atoms with van der Waals surface area (Å²) >= 11 is 0. The van der Waals surface area contributed by atoms with Gasteiger partial charge in [0.1, 0.15) is 4.90 Å². The Kier molecular flexibility index (Phi) is 2.60. The van der Waals surface area contributed by atoms with Gasteiger partial charge in [-0.3, -0.25) is 4.55 Å². The van der Waals surface area contributed by atoms with E-state index >= 15 is 0 Å². The lowest BCUT2D eigenvalue weighted by molar-refractivity contribution is 0.484. The summed E-state index contributed by atoms with van der Waals surface area (Å²) in [5.41, 5.74) is 7.51. The summed E-state index contributed by atoms with van der Waals surface area (Å²) < 4.78 is 32.1. The van der Waals surface area contributed by atoms with Crippen molar-refractivity contribution in [2.24, 2.45) is 0 Å². The smallest absolute Gasteiger partial charge is 0.297 e. The molecule has 0 aliphatic rings. The Morgan fingerprint density at radius 2 is 1.59 bits per heavy atom. The fourth-order valence-corrected chi connectivity index (χ4v) is 2.89. The molecule has 90 valence electrons. The SMILES string of the molecule is Cc1c(N)c(S(=O)(=O)O)c2ccccc2c1C. The first-order valence-corrected chi connectivity index (χ1v) is 6.53. The van der Waals surface area contributed by atoms with Crippen LogP contribution in [0.1, 0.15) is 11.1 Å². The lowest BCUT2D eigenvalue weighted by atomic mass is 9.99. The van der Waals surface area contributed by atoms with Gasteiger partial charge in [-0.25, -0.2) is 0 Å². The second kappa shape index (κ2) is 3.72. The zero-order chi connectivity index (χ0) is 12.8. The molecule has 0 saturated carbocycles. The summed E-state index contributed by atoms with van der Waals surface area (Å²) in [6.07, 6.45) is 0. The van der Waals surface area contributed by atoms with E-state index in [4.69, 9.17) is 5.73 Å². The van der Waals surface area contributed by atoms with Crippen molar-refractivity contribution < 1.29 is 13.0 Å². The van der Waals surface area contributed by atoms with E-state index in [9.17, 15) is 13.0 Å². The van der Waals surface area contributed by atoms with Crippen LogP contribution in [0.15, 0.2) is 29.2 Å². The van der Waals surface area contributed by atoms with Crippen molar-refractivity contribution in [2.45, 2.75) is 18.7 Å². The van der Waals surface area contributed by atoms with Crippen LogP contribution in [0.5, 0.6) is 0 Å². The van der Waals surface area contributed by atoms with E-state index in [1.807, 2.05) is 19.1 Å². The lowest BCUT2D eigenvalue weighted by Gasteiger charge is -2.13. The molecule has 2 rings (SSSR count). The molecular formula is C12H13NO3S. The highest BCUT2D eigenvalue weighted by Gasteiger charge is 2.21. The van der Waals surface area contributed by atoms with Crippen LogP contribution in [-0.4, -0.2) is 13.0 Å². The van der Waals surface area contributed by atoms with Gasteiger partial charge in [-0.05, 0) is 30.4 Å². The largest absolute Gasteiger partial charge is 0.397 e. The molecule has 0 radical (unpaired) electrons.